The Hall–Kier alpha value is -1.05. The Morgan fingerprint density at radius 2 is 2.25 bits per heavy atom. The molecule has 108 valence electrons. The highest BCUT2D eigenvalue weighted by Gasteiger charge is 2.43. The molecule has 1 unspecified atom stereocenters. The molecule has 1 saturated carbocycles. The third-order valence-corrected chi connectivity index (χ3v) is 4.61. The number of benzene rings is 1. The zero-order chi connectivity index (χ0) is 14.6. The molecule has 2 N–H and O–H groups in total. The van der Waals surface area contributed by atoms with Gasteiger partial charge in [0.25, 0.3) is 0 Å². The lowest BCUT2D eigenvalue weighted by molar-refractivity contribution is 0.233. The summed E-state index contributed by atoms with van der Waals surface area (Å²) in [6.07, 6.45) is 4.53. The molecule has 1 atom stereocenters. The van der Waals surface area contributed by atoms with E-state index >= 15 is 0 Å². The van der Waals surface area contributed by atoms with Crippen LogP contribution in [0, 0.1) is 16.7 Å². The zero-order valence-corrected chi connectivity index (χ0v) is 13.4. The van der Waals surface area contributed by atoms with E-state index in [2.05, 4.69) is 35.0 Å². The van der Waals surface area contributed by atoms with Crippen LogP contribution in [0.3, 0.4) is 0 Å². The number of nitriles is 1. The van der Waals surface area contributed by atoms with Gasteiger partial charge < -0.3 is 10.5 Å². The summed E-state index contributed by atoms with van der Waals surface area (Å²) in [7, 11) is 0. The fourth-order valence-corrected chi connectivity index (χ4v) is 2.77. The molecule has 0 amide bonds. The second-order valence-electron chi connectivity index (χ2n) is 5.72. The van der Waals surface area contributed by atoms with Gasteiger partial charge in [0.2, 0.25) is 0 Å². The van der Waals surface area contributed by atoms with Gasteiger partial charge in [0.05, 0.1) is 17.1 Å². The van der Waals surface area contributed by atoms with Crippen LogP contribution in [0.2, 0.25) is 0 Å². The minimum absolute atomic E-state index is 0.0914. The first kappa shape index (κ1) is 15.3. The summed E-state index contributed by atoms with van der Waals surface area (Å²) in [4.78, 5) is 0. The first-order chi connectivity index (χ1) is 9.60. The van der Waals surface area contributed by atoms with E-state index in [0.29, 0.717) is 13.0 Å². The Bertz CT molecular complexity index is 506. The molecule has 0 radical (unpaired) electrons. The minimum atomic E-state index is 0.0914. The summed E-state index contributed by atoms with van der Waals surface area (Å²) in [5.41, 5.74) is 7.28. The Morgan fingerprint density at radius 3 is 2.85 bits per heavy atom. The molecule has 0 heterocycles. The maximum absolute atomic E-state index is 8.87. The van der Waals surface area contributed by atoms with E-state index in [1.165, 1.54) is 0 Å². The van der Waals surface area contributed by atoms with Crippen molar-refractivity contribution in [2.45, 2.75) is 45.1 Å². The molecule has 0 saturated heterocycles. The highest BCUT2D eigenvalue weighted by Crippen LogP contribution is 2.49. The van der Waals surface area contributed by atoms with Crippen molar-refractivity contribution in [1.82, 2.24) is 0 Å². The van der Waals surface area contributed by atoms with Crippen LogP contribution in [0.1, 0.15) is 38.2 Å². The van der Waals surface area contributed by atoms with Crippen molar-refractivity contribution in [3.05, 3.63) is 28.2 Å². The topological polar surface area (TPSA) is 59.0 Å². The number of halogens is 1. The SMILES string of the molecule is CCC(N)Cc1cccc(Br)c1OCC1(CC#N)CC1. The van der Waals surface area contributed by atoms with E-state index in [9.17, 15) is 0 Å². The van der Waals surface area contributed by atoms with Gasteiger partial charge in [-0.05, 0) is 53.2 Å². The van der Waals surface area contributed by atoms with Gasteiger partial charge in [-0.2, -0.15) is 5.26 Å². The van der Waals surface area contributed by atoms with E-state index in [-0.39, 0.29) is 11.5 Å². The smallest absolute Gasteiger partial charge is 0.136 e. The summed E-state index contributed by atoms with van der Waals surface area (Å²) < 4.78 is 7.00. The van der Waals surface area contributed by atoms with E-state index in [0.717, 1.165) is 41.5 Å². The van der Waals surface area contributed by atoms with Crippen LogP contribution in [-0.4, -0.2) is 12.6 Å². The van der Waals surface area contributed by atoms with Crippen LogP contribution in [0.25, 0.3) is 0 Å². The Labute approximate surface area is 129 Å². The lowest BCUT2D eigenvalue weighted by Gasteiger charge is -2.18. The normalized spacial score (nSPS) is 17.3. The highest BCUT2D eigenvalue weighted by atomic mass is 79.9. The predicted octanol–water partition coefficient (Wildman–Crippen LogP) is 3.80. The van der Waals surface area contributed by atoms with Gasteiger partial charge in [-0.15, -0.1) is 0 Å². The molecule has 1 fully saturated rings. The number of nitrogens with two attached hydrogens (primary N) is 1. The predicted molar refractivity (Wildman–Crippen MR) is 83.5 cm³/mol. The first-order valence-electron chi connectivity index (χ1n) is 7.13. The molecular weight excluding hydrogens is 316 g/mol. The van der Waals surface area contributed by atoms with Crippen LogP contribution in [0.4, 0.5) is 0 Å². The number of hydrogen-bond donors (Lipinski definition) is 1. The third kappa shape index (κ3) is 3.74. The van der Waals surface area contributed by atoms with Gasteiger partial charge in [-0.25, -0.2) is 0 Å². The van der Waals surface area contributed by atoms with Gasteiger partial charge >= 0.3 is 0 Å². The fourth-order valence-electron chi connectivity index (χ4n) is 2.24. The molecule has 1 aliphatic carbocycles. The van der Waals surface area contributed by atoms with Crippen LogP contribution >= 0.6 is 15.9 Å². The Kier molecular flexibility index (Phi) is 5.06. The molecule has 0 aromatic heterocycles. The molecule has 1 aliphatic rings. The van der Waals surface area contributed by atoms with Gasteiger partial charge in [0, 0.05) is 17.9 Å². The van der Waals surface area contributed by atoms with Crippen LogP contribution in [-0.2, 0) is 6.42 Å². The van der Waals surface area contributed by atoms with Crippen molar-refractivity contribution in [3.63, 3.8) is 0 Å². The highest BCUT2D eigenvalue weighted by molar-refractivity contribution is 9.10. The van der Waals surface area contributed by atoms with Gasteiger partial charge in [0.1, 0.15) is 5.75 Å². The number of hydrogen-bond acceptors (Lipinski definition) is 3. The Morgan fingerprint density at radius 1 is 1.50 bits per heavy atom. The molecule has 4 heteroatoms. The second kappa shape index (κ2) is 6.60. The molecular formula is C16H21BrN2O. The number of ether oxygens (including phenoxy) is 1. The quantitative estimate of drug-likeness (QED) is 0.823. The molecule has 0 spiro atoms. The van der Waals surface area contributed by atoms with Crippen molar-refractivity contribution in [2.75, 3.05) is 6.61 Å². The summed E-state index contributed by atoms with van der Waals surface area (Å²) in [6, 6.07) is 8.48. The average molecular weight is 337 g/mol. The number of para-hydroxylation sites is 1. The van der Waals surface area contributed by atoms with E-state index in [1.807, 2.05) is 12.1 Å². The molecule has 2 rings (SSSR count). The standard InChI is InChI=1S/C16H21BrN2O/c1-2-13(19)10-12-4-3-5-14(17)15(12)20-11-16(6-7-16)8-9-18/h3-5,13H,2,6-8,10-11,19H2,1H3. The summed E-state index contributed by atoms with van der Waals surface area (Å²) in [5, 5.41) is 8.87. The van der Waals surface area contributed by atoms with Crippen LogP contribution < -0.4 is 10.5 Å². The van der Waals surface area contributed by atoms with E-state index in [1.54, 1.807) is 0 Å². The molecule has 1 aromatic rings. The first-order valence-corrected chi connectivity index (χ1v) is 7.92. The summed E-state index contributed by atoms with van der Waals surface area (Å²) in [6.45, 7) is 2.72. The molecule has 0 bridgehead atoms. The minimum Gasteiger partial charge on any atom is -0.492 e. The number of nitrogens with zero attached hydrogens (tertiary/aromatic N) is 1. The maximum Gasteiger partial charge on any atom is 0.136 e. The van der Waals surface area contributed by atoms with Crippen LogP contribution in [0.15, 0.2) is 22.7 Å². The lowest BCUT2D eigenvalue weighted by Crippen LogP contribution is -2.22. The third-order valence-electron chi connectivity index (χ3n) is 3.99. The fraction of sp³-hybridized carbons (Fsp3) is 0.562. The molecule has 1 aromatic carbocycles. The average Bonchev–Trinajstić information content (AvgIpc) is 3.18. The van der Waals surface area contributed by atoms with Gasteiger partial charge in [-0.3, -0.25) is 0 Å². The van der Waals surface area contributed by atoms with E-state index < -0.39 is 0 Å². The summed E-state index contributed by atoms with van der Waals surface area (Å²) >= 11 is 3.56. The second-order valence-corrected chi connectivity index (χ2v) is 6.58. The van der Waals surface area contributed by atoms with Crippen molar-refractivity contribution in [1.29, 1.82) is 5.26 Å². The largest absolute Gasteiger partial charge is 0.492 e. The Balaban J connectivity index is 2.08. The lowest BCUT2D eigenvalue weighted by atomic mass is 10.0. The van der Waals surface area contributed by atoms with E-state index in [4.69, 9.17) is 15.7 Å². The van der Waals surface area contributed by atoms with Crippen molar-refractivity contribution in [2.24, 2.45) is 11.1 Å². The maximum atomic E-state index is 8.87. The summed E-state index contributed by atoms with van der Waals surface area (Å²) in [5.74, 6) is 0.889. The van der Waals surface area contributed by atoms with Crippen molar-refractivity contribution >= 4 is 15.9 Å². The van der Waals surface area contributed by atoms with Crippen molar-refractivity contribution < 1.29 is 4.74 Å². The van der Waals surface area contributed by atoms with Gasteiger partial charge in [0.15, 0.2) is 0 Å². The number of rotatable bonds is 7. The van der Waals surface area contributed by atoms with Gasteiger partial charge in [-0.1, -0.05) is 19.1 Å². The molecule has 3 nitrogen and oxygen atoms in total. The monoisotopic (exact) mass is 336 g/mol. The van der Waals surface area contributed by atoms with Crippen molar-refractivity contribution in [3.8, 4) is 11.8 Å². The molecule has 0 aliphatic heterocycles. The zero-order valence-electron chi connectivity index (χ0n) is 11.9. The van der Waals surface area contributed by atoms with Crippen LogP contribution in [0.5, 0.6) is 5.75 Å². The molecule has 20 heavy (non-hydrogen) atoms.